The predicted molar refractivity (Wildman–Crippen MR) is 148 cm³/mol. The molecule has 1 aliphatic rings. The summed E-state index contributed by atoms with van der Waals surface area (Å²) in [7, 11) is 0. The molecule has 0 saturated carbocycles. The van der Waals surface area contributed by atoms with Crippen LogP contribution in [0.5, 0.6) is 5.75 Å². The molecule has 0 unspecified atom stereocenters. The number of hydrogen-bond acceptors (Lipinski definition) is 4. The number of benzene rings is 3. The number of hydrogen-bond donors (Lipinski definition) is 1. The van der Waals surface area contributed by atoms with Gasteiger partial charge in [-0.3, -0.25) is 0 Å². The molecular formula is C32H37NO3. The zero-order chi connectivity index (χ0) is 25.9. The van der Waals surface area contributed by atoms with Gasteiger partial charge in [-0.05, 0) is 82.8 Å². The normalized spacial score (nSPS) is 14.4. The Labute approximate surface area is 215 Å². The zero-order valence-corrected chi connectivity index (χ0v) is 22.3. The molecule has 0 aromatic heterocycles. The first kappa shape index (κ1) is 25.6. The van der Waals surface area contributed by atoms with Crippen molar-refractivity contribution in [3.63, 3.8) is 0 Å². The van der Waals surface area contributed by atoms with Crippen molar-refractivity contribution < 1.29 is 14.3 Å². The predicted octanol–water partition coefficient (Wildman–Crippen LogP) is 8.30. The molecule has 3 aromatic rings. The Bertz CT molecular complexity index is 1250. The van der Waals surface area contributed by atoms with E-state index in [1.807, 2.05) is 37.3 Å². The van der Waals surface area contributed by atoms with Crippen molar-refractivity contribution in [1.29, 1.82) is 0 Å². The molecule has 1 N–H and O–H groups in total. The zero-order valence-electron chi connectivity index (χ0n) is 22.3. The highest BCUT2D eigenvalue weighted by Gasteiger charge is 2.33. The van der Waals surface area contributed by atoms with E-state index in [4.69, 9.17) is 9.47 Å². The van der Waals surface area contributed by atoms with Crippen LogP contribution in [0.1, 0.15) is 75.0 Å². The maximum Gasteiger partial charge on any atom is 0.338 e. The molecule has 3 aromatic carbocycles. The van der Waals surface area contributed by atoms with Crippen LogP contribution in [0.4, 0.5) is 11.4 Å². The number of carbonyl (C=O) groups excluding carboxylic acids is 1. The van der Waals surface area contributed by atoms with Crippen LogP contribution < -0.4 is 10.1 Å². The molecule has 0 fully saturated rings. The van der Waals surface area contributed by atoms with E-state index in [0.717, 1.165) is 29.1 Å². The number of allylic oxidation sites excluding steroid dienone is 2. The van der Waals surface area contributed by atoms with E-state index < -0.39 is 0 Å². The number of carbonyl (C=O) groups is 1. The number of anilines is 2. The van der Waals surface area contributed by atoms with E-state index >= 15 is 0 Å². The van der Waals surface area contributed by atoms with Gasteiger partial charge in [0.1, 0.15) is 12.4 Å². The number of ether oxygens (including phenoxy) is 2. The summed E-state index contributed by atoms with van der Waals surface area (Å²) in [5, 5.41) is 3.55. The molecule has 0 amide bonds. The van der Waals surface area contributed by atoms with Gasteiger partial charge in [-0.15, -0.1) is 0 Å². The third kappa shape index (κ3) is 5.64. The Morgan fingerprint density at radius 3 is 2.33 bits per heavy atom. The molecule has 1 aliphatic carbocycles. The minimum atomic E-state index is -0.313. The lowest BCUT2D eigenvalue weighted by Gasteiger charge is -2.37. The van der Waals surface area contributed by atoms with Crippen molar-refractivity contribution in [2.24, 2.45) is 5.41 Å². The molecule has 0 heterocycles. The summed E-state index contributed by atoms with van der Waals surface area (Å²) in [6.45, 7) is 14.0. The fourth-order valence-corrected chi connectivity index (χ4v) is 4.66. The van der Waals surface area contributed by atoms with E-state index in [1.165, 1.54) is 16.7 Å². The molecule has 0 spiro atoms. The lowest BCUT2D eigenvalue weighted by molar-refractivity contribution is 0.0526. The highest BCUT2D eigenvalue weighted by molar-refractivity contribution is 5.90. The van der Waals surface area contributed by atoms with Gasteiger partial charge in [-0.2, -0.15) is 0 Å². The van der Waals surface area contributed by atoms with Crippen molar-refractivity contribution in [3.8, 4) is 5.75 Å². The second-order valence-corrected chi connectivity index (χ2v) is 11.0. The highest BCUT2D eigenvalue weighted by atomic mass is 16.5. The third-order valence-corrected chi connectivity index (χ3v) is 6.68. The van der Waals surface area contributed by atoms with Crippen molar-refractivity contribution in [2.45, 2.75) is 60.0 Å². The molecule has 4 rings (SSSR count). The number of fused-ring (bicyclic) bond motifs is 1. The van der Waals surface area contributed by atoms with Crippen LogP contribution in [0.2, 0.25) is 0 Å². The second kappa shape index (κ2) is 10.2. The van der Waals surface area contributed by atoms with E-state index in [1.54, 1.807) is 12.1 Å². The molecule has 0 aliphatic heterocycles. The summed E-state index contributed by atoms with van der Waals surface area (Å²) < 4.78 is 11.5. The maximum absolute atomic E-state index is 12.1. The summed E-state index contributed by atoms with van der Waals surface area (Å²) in [4.78, 5) is 12.1. The lowest BCUT2D eigenvalue weighted by atomic mass is 9.68. The average molecular weight is 484 g/mol. The summed E-state index contributed by atoms with van der Waals surface area (Å²) in [6, 6.07) is 22.0. The Kier molecular flexibility index (Phi) is 7.26. The Hall–Kier alpha value is -3.53. The standard InChI is InChI=1S/C32H37NO3/c1-7-35-30(34)23-13-15-24(16-14-23)33-28-19-25-26(31(2,3)4)17-18-32(5,6)27(25)20-29(28)36-21-22-11-9-8-10-12-22/h8-17,19-20,33H,7,18,21H2,1-6H3. The monoisotopic (exact) mass is 483 g/mol. The lowest BCUT2D eigenvalue weighted by Crippen LogP contribution is -2.25. The molecule has 4 heteroatoms. The van der Waals surface area contributed by atoms with Gasteiger partial charge in [0.15, 0.2) is 0 Å². The second-order valence-electron chi connectivity index (χ2n) is 11.0. The van der Waals surface area contributed by atoms with Gasteiger partial charge in [-0.25, -0.2) is 4.79 Å². The van der Waals surface area contributed by atoms with Crippen molar-refractivity contribution in [2.75, 3.05) is 11.9 Å². The molecular weight excluding hydrogens is 446 g/mol. The van der Waals surface area contributed by atoms with Gasteiger partial charge in [0.05, 0.1) is 17.9 Å². The SMILES string of the molecule is CCOC(=O)c1ccc(Nc2cc3c(cc2OCc2ccccc2)C(C)(C)CC=C3C(C)(C)C)cc1. The molecule has 0 bridgehead atoms. The van der Waals surface area contributed by atoms with E-state index in [9.17, 15) is 4.79 Å². The Morgan fingerprint density at radius 1 is 1.00 bits per heavy atom. The van der Waals surface area contributed by atoms with Crippen LogP contribution in [0.25, 0.3) is 5.57 Å². The summed E-state index contributed by atoms with van der Waals surface area (Å²) in [6.07, 6.45) is 3.39. The van der Waals surface area contributed by atoms with Gasteiger partial charge in [0.25, 0.3) is 0 Å². The molecule has 36 heavy (non-hydrogen) atoms. The van der Waals surface area contributed by atoms with Gasteiger partial charge in [0.2, 0.25) is 0 Å². The summed E-state index contributed by atoms with van der Waals surface area (Å²) in [5.74, 6) is 0.502. The molecule has 0 atom stereocenters. The first-order valence-electron chi connectivity index (χ1n) is 12.7. The van der Waals surface area contributed by atoms with Crippen LogP contribution in [0.3, 0.4) is 0 Å². The number of rotatable bonds is 7. The van der Waals surface area contributed by atoms with Crippen LogP contribution in [0, 0.1) is 5.41 Å². The van der Waals surface area contributed by atoms with Crippen LogP contribution in [-0.4, -0.2) is 12.6 Å². The quantitative estimate of drug-likeness (QED) is 0.343. The first-order chi connectivity index (χ1) is 17.1. The molecule has 0 radical (unpaired) electrons. The molecule has 188 valence electrons. The Balaban J connectivity index is 1.74. The maximum atomic E-state index is 12.1. The minimum Gasteiger partial charge on any atom is -0.487 e. The summed E-state index contributed by atoms with van der Waals surface area (Å²) >= 11 is 0. The van der Waals surface area contributed by atoms with Gasteiger partial charge in [-0.1, -0.05) is 71.0 Å². The van der Waals surface area contributed by atoms with Crippen molar-refractivity contribution in [1.82, 2.24) is 0 Å². The van der Waals surface area contributed by atoms with Crippen LogP contribution in [0.15, 0.2) is 72.8 Å². The third-order valence-electron chi connectivity index (χ3n) is 6.68. The van der Waals surface area contributed by atoms with Crippen LogP contribution in [-0.2, 0) is 16.8 Å². The van der Waals surface area contributed by atoms with E-state index in [2.05, 4.69) is 70.3 Å². The molecule has 4 nitrogen and oxygen atoms in total. The molecule has 0 saturated heterocycles. The largest absolute Gasteiger partial charge is 0.487 e. The van der Waals surface area contributed by atoms with Crippen molar-refractivity contribution >= 4 is 22.9 Å². The van der Waals surface area contributed by atoms with E-state index in [0.29, 0.717) is 18.8 Å². The minimum absolute atomic E-state index is 0.00869. The number of esters is 1. The smallest absolute Gasteiger partial charge is 0.338 e. The highest BCUT2D eigenvalue weighted by Crippen LogP contribution is 2.48. The van der Waals surface area contributed by atoms with Crippen LogP contribution >= 0.6 is 0 Å². The number of nitrogens with one attached hydrogen (secondary N) is 1. The topological polar surface area (TPSA) is 47.6 Å². The Morgan fingerprint density at radius 2 is 1.69 bits per heavy atom. The van der Waals surface area contributed by atoms with Crippen molar-refractivity contribution in [3.05, 3.63) is 95.1 Å². The fraction of sp³-hybridized carbons (Fsp3) is 0.344. The summed E-state index contributed by atoms with van der Waals surface area (Å²) in [5.41, 5.74) is 7.39. The fourth-order valence-electron chi connectivity index (χ4n) is 4.66. The van der Waals surface area contributed by atoms with E-state index in [-0.39, 0.29) is 16.8 Å². The van der Waals surface area contributed by atoms with Gasteiger partial charge < -0.3 is 14.8 Å². The average Bonchev–Trinajstić information content (AvgIpc) is 2.83. The first-order valence-corrected chi connectivity index (χ1v) is 12.7. The van der Waals surface area contributed by atoms with Gasteiger partial charge >= 0.3 is 5.97 Å². The van der Waals surface area contributed by atoms with Gasteiger partial charge in [0, 0.05) is 5.69 Å².